The number of fused-ring (bicyclic) bond motifs is 1. The van der Waals surface area contributed by atoms with E-state index in [2.05, 4.69) is 26.1 Å². The molecule has 1 aromatic carbocycles. The third kappa shape index (κ3) is 2.92. The zero-order valence-corrected chi connectivity index (χ0v) is 14.6. The van der Waals surface area contributed by atoms with E-state index in [1.165, 1.54) is 0 Å². The molecule has 0 saturated carbocycles. The highest BCUT2D eigenvalue weighted by Gasteiger charge is 2.28. The van der Waals surface area contributed by atoms with Gasteiger partial charge in [-0.2, -0.15) is 5.10 Å². The quantitative estimate of drug-likeness (QED) is 0.821. The molecule has 2 heterocycles. The van der Waals surface area contributed by atoms with Crippen molar-refractivity contribution in [2.24, 2.45) is 0 Å². The largest absolute Gasteiger partial charge is 0.337 e. The molecule has 0 fully saturated rings. The van der Waals surface area contributed by atoms with E-state index in [1.807, 2.05) is 36.1 Å². The maximum absolute atomic E-state index is 12.4. The average Bonchev–Trinajstić information content (AvgIpc) is 2.97. The van der Waals surface area contributed by atoms with Crippen molar-refractivity contribution in [3.8, 4) is 11.3 Å². The first kappa shape index (κ1) is 15.6. The first-order chi connectivity index (χ1) is 10.6. The molecule has 1 N–H and O–H groups in total. The zero-order chi connectivity index (χ0) is 15.7. The van der Waals surface area contributed by atoms with Crippen molar-refractivity contribution in [1.82, 2.24) is 15.1 Å². The number of nitrogens with one attached hydrogen (secondary N) is 1. The third-order valence-electron chi connectivity index (χ3n) is 3.99. The second-order valence-electron chi connectivity index (χ2n) is 5.42. The summed E-state index contributed by atoms with van der Waals surface area (Å²) in [6.45, 7) is 3.34. The number of hydrogen-bond acceptors (Lipinski definition) is 2. The van der Waals surface area contributed by atoms with Crippen molar-refractivity contribution in [2.75, 3.05) is 6.54 Å². The lowest BCUT2D eigenvalue weighted by Crippen LogP contribution is -2.40. The van der Waals surface area contributed by atoms with Crippen LogP contribution < -0.4 is 0 Å². The van der Waals surface area contributed by atoms with E-state index in [-0.39, 0.29) is 10.7 Å². The molecule has 0 saturated heterocycles. The number of alkyl halides is 1. The molecule has 1 aliphatic heterocycles. The van der Waals surface area contributed by atoms with Gasteiger partial charge in [0.1, 0.15) is 0 Å². The van der Waals surface area contributed by atoms with Gasteiger partial charge in [0.05, 0.1) is 10.5 Å². The molecule has 6 heteroatoms. The van der Waals surface area contributed by atoms with E-state index in [4.69, 9.17) is 11.6 Å². The van der Waals surface area contributed by atoms with Crippen molar-refractivity contribution >= 4 is 33.4 Å². The maximum Gasteiger partial charge on any atom is 0.236 e. The summed E-state index contributed by atoms with van der Waals surface area (Å²) in [7, 11) is 0. The maximum atomic E-state index is 12.4. The van der Waals surface area contributed by atoms with Gasteiger partial charge < -0.3 is 4.90 Å². The molecule has 1 aliphatic rings. The predicted molar refractivity (Wildman–Crippen MR) is 91.2 cm³/mol. The minimum absolute atomic E-state index is 0.111. The summed E-state index contributed by atoms with van der Waals surface area (Å²) in [5.41, 5.74) is 4.16. The van der Waals surface area contributed by atoms with Gasteiger partial charge in [-0.15, -0.1) is 0 Å². The zero-order valence-electron chi connectivity index (χ0n) is 12.3. The Kier molecular flexibility index (Phi) is 4.54. The smallest absolute Gasteiger partial charge is 0.236 e. The summed E-state index contributed by atoms with van der Waals surface area (Å²) in [5, 5.41) is 8.25. The van der Waals surface area contributed by atoms with E-state index >= 15 is 0 Å². The lowest BCUT2D eigenvalue weighted by molar-refractivity contribution is -0.131. The van der Waals surface area contributed by atoms with Gasteiger partial charge in [0, 0.05) is 41.4 Å². The average molecular weight is 383 g/mol. The van der Waals surface area contributed by atoms with E-state index in [9.17, 15) is 4.79 Å². The molecular weight excluding hydrogens is 366 g/mol. The van der Waals surface area contributed by atoms with Gasteiger partial charge in [0.15, 0.2) is 0 Å². The van der Waals surface area contributed by atoms with Gasteiger partial charge in [0.2, 0.25) is 5.91 Å². The summed E-state index contributed by atoms with van der Waals surface area (Å²) < 4.78 is 0. The fourth-order valence-corrected chi connectivity index (χ4v) is 3.12. The van der Waals surface area contributed by atoms with Crippen molar-refractivity contribution in [1.29, 1.82) is 0 Å². The van der Waals surface area contributed by atoms with Crippen LogP contribution in [0.15, 0.2) is 24.3 Å². The van der Waals surface area contributed by atoms with Crippen LogP contribution in [0.25, 0.3) is 11.3 Å². The Morgan fingerprint density at radius 2 is 2.18 bits per heavy atom. The second kappa shape index (κ2) is 6.42. The fraction of sp³-hybridized carbons (Fsp3) is 0.375. The van der Waals surface area contributed by atoms with Gasteiger partial charge in [-0.3, -0.25) is 9.89 Å². The number of benzene rings is 1. The Morgan fingerprint density at radius 3 is 2.86 bits per heavy atom. The van der Waals surface area contributed by atoms with E-state index < -0.39 is 0 Å². The molecule has 2 aromatic rings. The van der Waals surface area contributed by atoms with Crippen LogP contribution in [0, 0.1) is 0 Å². The molecule has 1 unspecified atom stereocenters. The van der Waals surface area contributed by atoms with Crippen molar-refractivity contribution < 1.29 is 4.79 Å². The fourth-order valence-electron chi connectivity index (χ4n) is 2.70. The number of nitrogens with zero attached hydrogens (tertiary/aromatic N) is 2. The minimum atomic E-state index is -0.111. The van der Waals surface area contributed by atoms with Crippen LogP contribution in [-0.2, 0) is 17.8 Å². The van der Waals surface area contributed by atoms with Crippen LogP contribution in [-0.4, -0.2) is 32.4 Å². The highest BCUT2D eigenvalue weighted by Crippen LogP contribution is 2.29. The summed E-state index contributed by atoms with van der Waals surface area (Å²) in [6.07, 6.45) is 1.60. The molecule has 116 valence electrons. The number of carbonyl (C=O) groups is 1. The summed E-state index contributed by atoms with van der Waals surface area (Å²) in [4.78, 5) is 14.2. The number of hydrogen-bond donors (Lipinski definition) is 1. The van der Waals surface area contributed by atoms with Gasteiger partial charge in [-0.05, 0) is 18.6 Å². The molecule has 1 aromatic heterocycles. The summed E-state index contributed by atoms with van der Waals surface area (Å²) in [6, 6.07) is 7.63. The Labute approximate surface area is 143 Å². The number of aromatic nitrogens is 2. The molecule has 1 amide bonds. The SMILES string of the molecule is CCC(Br)C(=O)N1CCc2[nH]nc(-c3ccc(Cl)cc3)c2C1. The van der Waals surface area contributed by atoms with Gasteiger partial charge in [0.25, 0.3) is 0 Å². The molecule has 1 atom stereocenters. The minimum Gasteiger partial charge on any atom is -0.337 e. The highest BCUT2D eigenvalue weighted by atomic mass is 79.9. The third-order valence-corrected chi connectivity index (χ3v) is 5.28. The second-order valence-corrected chi connectivity index (χ2v) is 6.96. The van der Waals surface area contributed by atoms with Crippen molar-refractivity contribution in [2.45, 2.75) is 31.1 Å². The molecule has 0 radical (unpaired) electrons. The number of halogens is 2. The molecule has 22 heavy (non-hydrogen) atoms. The lowest BCUT2D eigenvalue weighted by Gasteiger charge is -2.28. The van der Waals surface area contributed by atoms with Gasteiger partial charge >= 0.3 is 0 Å². The van der Waals surface area contributed by atoms with E-state index in [1.54, 1.807) is 0 Å². The molecule has 3 rings (SSSR count). The first-order valence-corrected chi connectivity index (χ1v) is 8.64. The predicted octanol–water partition coefficient (Wildman–Crippen LogP) is 3.79. The van der Waals surface area contributed by atoms with Crippen LogP contribution >= 0.6 is 27.5 Å². The van der Waals surface area contributed by atoms with E-state index in [0.717, 1.165) is 41.9 Å². The Hall–Kier alpha value is -1.33. The van der Waals surface area contributed by atoms with Crippen LogP contribution in [0.1, 0.15) is 24.6 Å². The Morgan fingerprint density at radius 1 is 1.45 bits per heavy atom. The van der Waals surface area contributed by atoms with Crippen LogP contribution in [0.5, 0.6) is 0 Å². The monoisotopic (exact) mass is 381 g/mol. The molecule has 0 spiro atoms. The normalized spacial score (nSPS) is 15.5. The number of aromatic amines is 1. The van der Waals surface area contributed by atoms with Crippen LogP contribution in [0.3, 0.4) is 0 Å². The molecule has 0 aliphatic carbocycles. The molecule has 0 bridgehead atoms. The number of carbonyl (C=O) groups excluding carboxylic acids is 1. The lowest BCUT2D eigenvalue weighted by atomic mass is 10.0. The number of rotatable bonds is 3. The van der Waals surface area contributed by atoms with Crippen LogP contribution in [0.2, 0.25) is 5.02 Å². The number of amides is 1. The Bertz CT molecular complexity index is 683. The summed E-state index contributed by atoms with van der Waals surface area (Å²) >= 11 is 9.40. The van der Waals surface area contributed by atoms with Gasteiger partial charge in [-0.25, -0.2) is 0 Å². The molecular formula is C16H17BrClN3O. The van der Waals surface area contributed by atoms with Crippen molar-refractivity contribution in [3.05, 3.63) is 40.5 Å². The van der Waals surface area contributed by atoms with E-state index in [0.29, 0.717) is 11.6 Å². The van der Waals surface area contributed by atoms with Crippen LogP contribution in [0.4, 0.5) is 0 Å². The molecule has 4 nitrogen and oxygen atoms in total. The highest BCUT2D eigenvalue weighted by molar-refractivity contribution is 9.10. The van der Waals surface area contributed by atoms with Crippen molar-refractivity contribution in [3.63, 3.8) is 0 Å². The topological polar surface area (TPSA) is 49.0 Å². The summed E-state index contributed by atoms with van der Waals surface area (Å²) in [5.74, 6) is 0.149. The number of H-pyrrole nitrogens is 1. The standard InChI is InChI=1S/C16H17BrClN3O/c1-2-13(17)16(22)21-8-7-14-12(9-21)15(20-19-14)10-3-5-11(18)6-4-10/h3-6,13H,2,7-9H2,1H3,(H,19,20). The van der Waals surface area contributed by atoms with Gasteiger partial charge in [-0.1, -0.05) is 46.6 Å². The Balaban J connectivity index is 1.88. The first-order valence-electron chi connectivity index (χ1n) is 7.35.